The second-order valence-electron chi connectivity index (χ2n) is 7.09. The highest BCUT2D eigenvalue weighted by atomic mass is 32.2. The van der Waals surface area contributed by atoms with E-state index in [1.807, 2.05) is 34.6 Å². The first-order valence-corrected chi connectivity index (χ1v) is 9.67. The predicted molar refractivity (Wildman–Crippen MR) is 86.5 cm³/mol. The standard InChI is InChI=1S/C15H31NO5S/c1-12(2)21-14(11-20-13-7-8-19-10-13)9-16(15(3,4)5)22(6,17)18/h12-14H,7-11H2,1-6H3/t13-,14+/m1/s1. The van der Waals surface area contributed by atoms with E-state index in [4.69, 9.17) is 14.2 Å². The van der Waals surface area contributed by atoms with Crippen molar-refractivity contribution in [3.05, 3.63) is 0 Å². The van der Waals surface area contributed by atoms with E-state index in [-0.39, 0.29) is 24.9 Å². The number of sulfonamides is 1. The Morgan fingerprint density at radius 2 is 1.95 bits per heavy atom. The largest absolute Gasteiger partial charge is 0.379 e. The van der Waals surface area contributed by atoms with Gasteiger partial charge in [0.1, 0.15) is 0 Å². The van der Waals surface area contributed by atoms with E-state index in [1.54, 1.807) is 0 Å². The molecule has 0 aromatic rings. The molecule has 0 amide bonds. The monoisotopic (exact) mass is 337 g/mol. The normalized spacial score (nSPS) is 21.7. The minimum atomic E-state index is -3.32. The van der Waals surface area contributed by atoms with Crippen molar-refractivity contribution in [3.63, 3.8) is 0 Å². The lowest BCUT2D eigenvalue weighted by Gasteiger charge is -2.36. The fraction of sp³-hybridized carbons (Fsp3) is 1.00. The molecular formula is C15H31NO5S. The van der Waals surface area contributed by atoms with Crippen molar-refractivity contribution in [1.82, 2.24) is 4.31 Å². The van der Waals surface area contributed by atoms with Crippen LogP contribution < -0.4 is 0 Å². The lowest BCUT2D eigenvalue weighted by molar-refractivity contribution is -0.0744. The van der Waals surface area contributed by atoms with Gasteiger partial charge >= 0.3 is 0 Å². The Kier molecular flexibility index (Phi) is 7.26. The molecule has 0 unspecified atom stereocenters. The Labute approximate surface area is 135 Å². The zero-order valence-corrected chi connectivity index (χ0v) is 15.5. The lowest BCUT2D eigenvalue weighted by Crippen LogP contribution is -2.50. The molecule has 0 aromatic carbocycles. The Balaban J connectivity index is 2.72. The van der Waals surface area contributed by atoms with Crippen LogP contribution in [0.25, 0.3) is 0 Å². The first-order chi connectivity index (χ1) is 10.00. The summed E-state index contributed by atoms with van der Waals surface area (Å²) in [5.74, 6) is 0. The number of hydrogen-bond acceptors (Lipinski definition) is 5. The van der Waals surface area contributed by atoms with Gasteiger partial charge in [-0.3, -0.25) is 0 Å². The molecule has 1 aliphatic heterocycles. The van der Waals surface area contributed by atoms with Crippen LogP contribution in [0.4, 0.5) is 0 Å². The second-order valence-corrected chi connectivity index (χ2v) is 9.00. The lowest BCUT2D eigenvalue weighted by atomic mass is 10.1. The molecule has 7 heteroatoms. The third-order valence-electron chi connectivity index (χ3n) is 3.39. The SMILES string of the molecule is CC(C)O[C@H](CO[C@@H]1CCOC1)CN(C(C)(C)C)S(C)(=O)=O. The summed E-state index contributed by atoms with van der Waals surface area (Å²) in [4.78, 5) is 0. The molecule has 0 saturated carbocycles. The fourth-order valence-electron chi connectivity index (χ4n) is 2.50. The molecule has 22 heavy (non-hydrogen) atoms. The van der Waals surface area contributed by atoms with Gasteiger partial charge in [0, 0.05) is 18.7 Å². The van der Waals surface area contributed by atoms with Crippen molar-refractivity contribution in [3.8, 4) is 0 Å². The Morgan fingerprint density at radius 3 is 2.36 bits per heavy atom. The van der Waals surface area contributed by atoms with E-state index < -0.39 is 15.6 Å². The van der Waals surface area contributed by atoms with Gasteiger partial charge in [0.15, 0.2) is 0 Å². The van der Waals surface area contributed by atoms with E-state index in [2.05, 4.69) is 0 Å². The zero-order chi connectivity index (χ0) is 17.0. The Morgan fingerprint density at radius 1 is 1.32 bits per heavy atom. The summed E-state index contributed by atoms with van der Waals surface area (Å²) in [5.41, 5.74) is -0.497. The second kappa shape index (κ2) is 8.06. The molecule has 6 nitrogen and oxygen atoms in total. The molecule has 0 bridgehead atoms. The summed E-state index contributed by atoms with van der Waals surface area (Å²) in [6, 6.07) is 0. The van der Waals surface area contributed by atoms with Gasteiger partial charge < -0.3 is 14.2 Å². The summed E-state index contributed by atoms with van der Waals surface area (Å²) in [7, 11) is -3.32. The van der Waals surface area contributed by atoms with Gasteiger partial charge in [-0.25, -0.2) is 8.42 Å². The third-order valence-corrected chi connectivity index (χ3v) is 4.89. The van der Waals surface area contributed by atoms with Gasteiger partial charge in [0.25, 0.3) is 0 Å². The molecule has 2 atom stereocenters. The average Bonchev–Trinajstić information content (AvgIpc) is 2.81. The van der Waals surface area contributed by atoms with Gasteiger partial charge in [-0.1, -0.05) is 0 Å². The van der Waals surface area contributed by atoms with E-state index >= 15 is 0 Å². The van der Waals surface area contributed by atoms with E-state index in [0.717, 1.165) is 13.0 Å². The molecule has 0 aliphatic carbocycles. The summed E-state index contributed by atoms with van der Waals surface area (Å²) in [6.07, 6.45) is 1.91. The van der Waals surface area contributed by atoms with Crippen molar-refractivity contribution in [2.45, 2.75) is 64.9 Å². The highest BCUT2D eigenvalue weighted by Gasteiger charge is 2.33. The van der Waals surface area contributed by atoms with E-state index in [1.165, 1.54) is 10.6 Å². The van der Waals surface area contributed by atoms with Gasteiger partial charge in [-0.2, -0.15) is 4.31 Å². The van der Waals surface area contributed by atoms with Crippen molar-refractivity contribution in [2.75, 3.05) is 32.6 Å². The molecule has 0 N–H and O–H groups in total. The van der Waals surface area contributed by atoms with E-state index in [0.29, 0.717) is 13.2 Å². The molecule has 1 fully saturated rings. The first kappa shape index (κ1) is 19.8. The topological polar surface area (TPSA) is 65.1 Å². The highest BCUT2D eigenvalue weighted by molar-refractivity contribution is 7.88. The summed E-state index contributed by atoms with van der Waals surface area (Å²) < 4.78 is 42.6. The van der Waals surface area contributed by atoms with Gasteiger partial charge in [0.05, 0.1) is 37.8 Å². The Bertz CT molecular complexity index is 424. The van der Waals surface area contributed by atoms with Crippen molar-refractivity contribution in [1.29, 1.82) is 0 Å². The van der Waals surface area contributed by atoms with Crippen molar-refractivity contribution >= 4 is 10.0 Å². The predicted octanol–water partition coefficient (Wildman–Crippen LogP) is 1.65. The van der Waals surface area contributed by atoms with Crippen LogP contribution >= 0.6 is 0 Å². The quantitative estimate of drug-likeness (QED) is 0.674. The molecular weight excluding hydrogens is 306 g/mol. The minimum absolute atomic E-state index is 0.00908. The fourth-order valence-corrected chi connectivity index (χ4v) is 3.93. The van der Waals surface area contributed by atoms with Crippen LogP contribution in [0.3, 0.4) is 0 Å². The molecule has 1 aliphatic rings. The Hall–Kier alpha value is -0.210. The number of ether oxygens (including phenoxy) is 3. The third kappa shape index (κ3) is 6.91. The van der Waals surface area contributed by atoms with Crippen molar-refractivity contribution in [2.24, 2.45) is 0 Å². The number of hydrogen-bond donors (Lipinski definition) is 0. The maximum absolute atomic E-state index is 12.1. The van der Waals surface area contributed by atoms with Crippen LogP contribution in [-0.4, -0.2) is 69.2 Å². The number of nitrogens with zero attached hydrogens (tertiary/aromatic N) is 1. The number of rotatable bonds is 8. The smallest absolute Gasteiger partial charge is 0.211 e. The average molecular weight is 337 g/mol. The molecule has 0 aromatic heterocycles. The van der Waals surface area contributed by atoms with Gasteiger partial charge in [-0.15, -0.1) is 0 Å². The van der Waals surface area contributed by atoms with E-state index in [9.17, 15) is 8.42 Å². The zero-order valence-electron chi connectivity index (χ0n) is 14.7. The van der Waals surface area contributed by atoms with Crippen LogP contribution in [0.15, 0.2) is 0 Å². The molecule has 132 valence electrons. The first-order valence-electron chi connectivity index (χ1n) is 7.82. The van der Waals surface area contributed by atoms with Gasteiger partial charge in [-0.05, 0) is 41.0 Å². The molecule has 1 heterocycles. The molecule has 1 saturated heterocycles. The van der Waals surface area contributed by atoms with Crippen LogP contribution in [-0.2, 0) is 24.2 Å². The molecule has 1 rings (SSSR count). The minimum Gasteiger partial charge on any atom is -0.379 e. The van der Waals surface area contributed by atoms with Crippen LogP contribution in [0.5, 0.6) is 0 Å². The van der Waals surface area contributed by atoms with Crippen LogP contribution in [0.1, 0.15) is 41.0 Å². The van der Waals surface area contributed by atoms with Crippen molar-refractivity contribution < 1.29 is 22.6 Å². The molecule has 0 radical (unpaired) electrons. The maximum atomic E-state index is 12.1. The van der Waals surface area contributed by atoms with Gasteiger partial charge in [0.2, 0.25) is 10.0 Å². The summed E-state index contributed by atoms with van der Waals surface area (Å²) >= 11 is 0. The van der Waals surface area contributed by atoms with Crippen LogP contribution in [0.2, 0.25) is 0 Å². The molecule has 0 spiro atoms. The highest BCUT2D eigenvalue weighted by Crippen LogP contribution is 2.19. The summed E-state index contributed by atoms with van der Waals surface area (Å²) in [5, 5.41) is 0. The van der Waals surface area contributed by atoms with Crippen LogP contribution in [0, 0.1) is 0 Å². The maximum Gasteiger partial charge on any atom is 0.211 e. The summed E-state index contributed by atoms with van der Waals surface area (Å²) in [6.45, 7) is 11.5.